The van der Waals surface area contributed by atoms with Crippen molar-refractivity contribution in [3.8, 4) is 0 Å². The molecule has 0 spiro atoms. The third-order valence-electron chi connectivity index (χ3n) is 3.93. The lowest BCUT2D eigenvalue weighted by atomic mass is 10.2. The first-order chi connectivity index (χ1) is 8.61. The van der Waals surface area contributed by atoms with Gasteiger partial charge in [-0.1, -0.05) is 13.3 Å². The largest absolute Gasteiger partial charge is 0.312 e. The Morgan fingerprint density at radius 1 is 1.22 bits per heavy atom. The van der Waals surface area contributed by atoms with Crippen LogP contribution in [-0.2, 0) is 9.84 Å². The van der Waals surface area contributed by atoms with Crippen LogP contribution < -0.4 is 5.32 Å². The summed E-state index contributed by atoms with van der Waals surface area (Å²) in [6.45, 7) is 5.43. The highest BCUT2D eigenvalue weighted by molar-refractivity contribution is 7.91. The molecule has 0 aromatic heterocycles. The lowest BCUT2D eigenvalue weighted by molar-refractivity contribution is 0.256. The molecule has 18 heavy (non-hydrogen) atoms. The molecule has 2 fully saturated rings. The Morgan fingerprint density at radius 2 is 2.00 bits per heavy atom. The van der Waals surface area contributed by atoms with E-state index in [1.54, 1.807) is 0 Å². The van der Waals surface area contributed by atoms with Gasteiger partial charge in [0.05, 0.1) is 11.5 Å². The molecule has 0 aromatic carbocycles. The van der Waals surface area contributed by atoms with Crippen LogP contribution in [0.5, 0.6) is 0 Å². The van der Waals surface area contributed by atoms with Crippen LogP contribution in [0, 0.1) is 0 Å². The Balaban J connectivity index is 1.64. The quantitative estimate of drug-likeness (QED) is 0.718. The highest BCUT2D eigenvalue weighted by atomic mass is 32.2. The van der Waals surface area contributed by atoms with Crippen molar-refractivity contribution in [3.63, 3.8) is 0 Å². The van der Waals surface area contributed by atoms with Gasteiger partial charge in [0.1, 0.15) is 0 Å². The Kier molecular flexibility index (Phi) is 5.04. The van der Waals surface area contributed by atoms with Crippen molar-refractivity contribution >= 4 is 9.84 Å². The number of sulfone groups is 1. The Hall–Kier alpha value is -0.130. The molecule has 0 bridgehead atoms. The van der Waals surface area contributed by atoms with Gasteiger partial charge in [0.2, 0.25) is 0 Å². The summed E-state index contributed by atoms with van der Waals surface area (Å²) >= 11 is 0. The molecule has 106 valence electrons. The van der Waals surface area contributed by atoms with Crippen molar-refractivity contribution in [1.82, 2.24) is 10.2 Å². The van der Waals surface area contributed by atoms with Gasteiger partial charge in [0.15, 0.2) is 9.84 Å². The summed E-state index contributed by atoms with van der Waals surface area (Å²) in [6, 6.07) is 1.01. The van der Waals surface area contributed by atoms with E-state index < -0.39 is 9.84 Å². The van der Waals surface area contributed by atoms with E-state index in [2.05, 4.69) is 17.1 Å². The number of nitrogens with one attached hydrogen (secondary N) is 1. The monoisotopic (exact) mass is 274 g/mol. The summed E-state index contributed by atoms with van der Waals surface area (Å²) in [5.74, 6) is 0.707. The third kappa shape index (κ3) is 4.52. The number of rotatable bonds is 8. The minimum absolute atomic E-state index is 0.197. The molecule has 5 heteroatoms. The van der Waals surface area contributed by atoms with Crippen molar-refractivity contribution in [3.05, 3.63) is 0 Å². The first kappa shape index (κ1) is 14.3. The molecule has 1 saturated heterocycles. The average molecular weight is 274 g/mol. The van der Waals surface area contributed by atoms with Crippen LogP contribution in [0.1, 0.15) is 39.0 Å². The van der Waals surface area contributed by atoms with Crippen LogP contribution in [0.15, 0.2) is 0 Å². The maximum atomic E-state index is 11.3. The van der Waals surface area contributed by atoms with Gasteiger partial charge in [0, 0.05) is 25.2 Å². The molecule has 1 N–H and O–H groups in total. The van der Waals surface area contributed by atoms with Gasteiger partial charge in [-0.3, -0.25) is 4.90 Å². The molecule has 1 atom stereocenters. The minimum Gasteiger partial charge on any atom is -0.312 e. The molecular formula is C13H26N2O2S. The second-order valence-electron chi connectivity index (χ2n) is 5.67. The summed E-state index contributed by atoms with van der Waals surface area (Å²) in [5, 5.41) is 3.41. The van der Waals surface area contributed by atoms with E-state index in [1.165, 1.54) is 32.2 Å². The summed E-state index contributed by atoms with van der Waals surface area (Å²) < 4.78 is 22.7. The second kappa shape index (κ2) is 6.35. The van der Waals surface area contributed by atoms with Gasteiger partial charge in [-0.25, -0.2) is 8.42 Å². The predicted octanol–water partition coefficient (Wildman–Crippen LogP) is 1.03. The van der Waals surface area contributed by atoms with Crippen molar-refractivity contribution in [2.45, 2.75) is 51.1 Å². The number of nitrogens with zero attached hydrogens (tertiary/aromatic N) is 1. The molecule has 1 heterocycles. The van der Waals surface area contributed by atoms with Crippen LogP contribution >= 0.6 is 0 Å². The lowest BCUT2D eigenvalue weighted by Crippen LogP contribution is -2.39. The van der Waals surface area contributed by atoms with Gasteiger partial charge < -0.3 is 5.32 Å². The summed E-state index contributed by atoms with van der Waals surface area (Å²) in [4.78, 5) is 2.57. The van der Waals surface area contributed by atoms with Crippen LogP contribution in [0.3, 0.4) is 0 Å². The highest BCUT2D eigenvalue weighted by Gasteiger charge is 2.29. The summed E-state index contributed by atoms with van der Waals surface area (Å²) in [6.07, 6.45) is 6.01. The van der Waals surface area contributed by atoms with Gasteiger partial charge in [-0.15, -0.1) is 0 Å². The van der Waals surface area contributed by atoms with Crippen molar-refractivity contribution in [2.75, 3.05) is 31.1 Å². The van der Waals surface area contributed by atoms with Gasteiger partial charge in [0.25, 0.3) is 0 Å². The zero-order chi connectivity index (χ0) is 13.0. The van der Waals surface area contributed by atoms with Crippen LogP contribution in [0.25, 0.3) is 0 Å². The zero-order valence-corrected chi connectivity index (χ0v) is 12.2. The molecule has 1 aliphatic heterocycles. The minimum atomic E-state index is -2.74. The van der Waals surface area contributed by atoms with E-state index in [9.17, 15) is 8.42 Å². The third-order valence-corrected chi connectivity index (χ3v) is 5.69. The van der Waals surface area contributed by atoms with E-state index in [0.29, 0.717) is 11.5 Å². The first-order valence-electron chi connectivity index (χ1n) is 7.28. The molecule has 0 amide bonds. The van der Waals surface area contributed by atoms with Crippen molar-refractivity contribution in [1.29, 1.82) is 0 Å². The van der Waals surface area contributed by atoms with Crippen molar-refractivity contribution < 1.29 is 8.42 Å². The van der Waals surface area contributed by atoms with Crippen LogP contribution in [0.2, 0.25) is 0 Å². The number of hydrogen-bond acceptors (Lipinski definition) is 4. The fourth-order valence-electron chi connectivity index (χ4n) is 2.65. The molecule has 2 rings (SSSR count). The molecular weight excluding hydrogens is 248 g/mol. The molecule has 1 unspecified atom stereocenters. The SMILES string of the molecule is CCCCN(CCNC1CCS(=O)(=O)C1)C1CC1. The Morgan fingerprint density at radius 3 is 2.56 bits per heavy atom. The second-order valence-corrected chi connectivity index (χ2v) is 7.90. The zero-order valence-electron chi connectivity index (χ0n) is 11.4. The van der Waals surface area contributed by atoms with E-state index in [4.69, 9.17) is 0 Å². The molecule has 1 saturated carbocycles. The molecule has 1 aliphatic carbocycles. The standard InChI is InChI=1S/C13H26N2O2S/c1-2-3-8-15(13-4-5-13)9-7-14-12-6-10-18(16,17)11-12/h12-14H,2-11H2,1H3. The fourth-order valence-corrected chi connectivity index (χ4v) is 4.35. The maximum Gasteiger partial charge on any atom is 0.151 e. The lowest BCUT2D eigenvalue weighted by Gasteiger charge is -2.22. The van der Waals surface area contributed by atoms with Crippen LogP contribution in [-0.4, -0.2) is 56.5 Å². The first-order valence-corrected chi connectivity index (χ1v) is 9.11. The number of unbranched alkanes of at least 4 members (excludes halogenated alkanes) is 1. The molecule has 2 aliphatic rings. The van der Waals surface area contributed by atoms with Gasteiger partial charge in [-0.2, -0.15) is 0 Å². The topological polar surface area (TPSA) is 49.4 Å². The van der Waals surface area contributed by atoms with Crippen molar-refractivity contribution in [2.24, 2.45) is 0 Å². The molecule has 0 radical (unpaired) electrons. The maximum absolute atomic E-state index is 11.3. The van der Waals surface area contributed by atoms with E-state index in [-0.39, 0.29) is 6.04 Å². The molecule has 4 nitrogen and oxygen atoms in total. The Labute approximate surface area is 111 Å². The highest BCUT2D eigenvalue weighted by Crippen LogP contribution is 2.26. The van der Waals surface area contributed by atoms with Gasteiger partial charge >= 0.3 is 0 Å². The van der Waals surface area contributed by atoms with Crippen LogP contribution in [0.4, 0.5) is 0 Å². The summed E-state index contributed by atoms with van der Waals surface area (Å²) in [5.41, 5.74) is 0. The fraction of sp³-hybridized carbons (Fsp3) is 1.00. The normalized spacial score (nSPS) is 26.9. The van der Waals surface area contributed by atoms with Gasteiger partial charge in [-0.05, 0) is 32.2 Å². The Bertz CT molecular complexity index is 352. The number of hydrogen-bond donors (Lipinski definition) is 1. The van der Waals surface area contributed by atoms with E-state index in [1.807, 2.05) is 0 Å². The predicted molar refractivity (Wildman–Crippen MR) is 74.6 cm³/mol. The summed E-state index contributed by atoms with van der Waals surface area (Å²) in [7, 11) is -2.74. The van der Waals surface area contributed by atoms with E-state index in [0.717, 1.165) is 25.6 Å². The average Bonchev–Trinajstić information content (AvgIpc) is 3.09. The smallest absolute Gasteiger partial charge is 0.151 e. The van der Waals surface area contributed by atoms with E-state index >= 15 is 0 Å². The molecule has 0 aromatic rings.